The number of aromatic amines is 1. The van der Waals surface area contributed by atoms with Crippen LogP contribution in [0.5, 0.6) is 0 Å². The van der Waals surface area contributed by atoms with Gasteiger partial charge in [0, 0.05) is 24.9 Å². The Morgan fingerprint density at radius 1 is 1.22 bits per heavy atom. The number of H-pyrrole nitrogens is 1. The summed E-state index contributed by atoms with van der Waals surface area (Å²) in [5.41, 5.74) is 1.88. The smallest absolute Gasteiger partial charge is 0.287 e. The number of aryl methyl sites for hydroxylation is 1. The van der Waals surface area contributed by atoms with Crippen LogP contribution in [0.1, 0.15) is 17.1 Å². The molecule has 0 aliphatic heterocycles. The maximum absolute atomic E-state index is 12.9. The van der Waals surface area contributed by atoms with Gasteiger partial charge < -0.3 is 4.98 Å². The Hall–Kier alpha value is -2.79. The number of rotatable bonds is 7. The second-order valence-electron chi connectivity index (χ2n) is 7.06. The molecule has 0 radical (unpaired) electrons. The van der Waals surface area contributed by atoms with Crippen molar-refractivity contribution in [3.05, 3.63) is 80.2 Å². The Morgan fingerprint density at radius 3 is 2.78 bits per heavy atom. The number of hydrogen-bond acceptors (Lipinski definition) is 6. The highest BCUT2D eigenvalue weighted by molar-refractivity contribution is 7.89. The molecule has 0 saturated carbocycles. The summed E-state index contributed by atoms with van der Waals surface area (Å²) in [5.74, 6) is 0.421. The van der Waals surface area contributed by atoms with E-state index in [1.165, 1.54) is 12.3 Å². The fraction of sp³-hybridized carbons (Fsp3) is 0.200. The molecule has 1 aromatic carbocycles. The summed E-state index contributed by atoms with van der Waals surface area (Å²) in [4.78, 5) is 24.0. The van der Waals surface area contributed by atoms with E-state index >= 15 is 0 Å². The summed E-state index contributed by atoms with van der Waals surface area (Å²) in [5, 5.41) is 3.90. The van der Waals surface area contributed by atoms with Crippen molar-refractivity contribution >= 4 is 44.3 Å². The lowest BCUT2D eigenvalue weighted by molar-refractivity contribution is 0.581. The highest BCUT2D eigenvalue weighted by atomic mass is 35.5. The summed E-state index contributed by atoms with van der Waals surface area (Å²) in [7, 11) is -3.74. The molecule has 0 fully saturated rings. The minimum absolute atomic E-state index is 0.0217. The van der Waals surface area contributed by atoms with E-state index in [0.29, 0.717) is 28.8 Å². The Kier molecular flexibility index (Phi) is 6.29. The van der Waals surface area contributed by atoms with Gasteiger partial charge in [0.05, 0.1) is 27.1 Å². The number of aromatic nitrogens is 5. The van der Waals surface area contributed by atoms with Crippen LogP contribution in [0, 0.1) is 6.92 Å². The maximum Gasteiger partial charge on any atom is 0.287 e. The number of nitrogens with one attached hydrogen (secondary N) is 2. The van der Waals surface area contributed by atoms with Gasteiger partial charge in [0.1, 0.15) is 17.4 Å². The number of imidazole rings is 1. The summed E-state index contributed by atoms with van der Waals surface area (Å²) in [6.45, 7) is 1.94. The zero-order valence-corrected chi connectivity index (χ0v) is 19.2. The highest BCUT2D eigenvalue weighted by Gasteiger charge is 2.19. The predicted molar refractivity (Wildman–Crippen MR) is 122 cm³/mol. The van der Waals surface area contributed by atoms with E-state index in [2.05, 4.69) is 24.8 Å². The van der Waals surface area contributed by atoms with Crippen LogP contribution >= 0.6 is 23.2 Å². The lowest BCUT2D eigenvalue weighted by atomic mass is 10.2. The second kappa shape index (κ2) is 8.99. The van der Waals surface area contributed by atoms with Crippen LogP contribution in [0.4, 0.5) is 0 Å². The molecule has 166 valence electrons. The standard InChI is InChI=1S/C20H18Cl2N6O3S/c1-12-8-15-16(27-18(26-15)11-28-20(29)19(22)14(21)10-24-28)9-17(12)32(30,31)25-7-5-13-4-2-3-6-23-13/h2-4,6,8-10,25H,5,7,11H2,1H3,(H,26,27). The largest absolute Gasteiger partial charge is 0.340 e. The zero-order valence-electron chi connectivity index (χ0n) is 16.8. The molecule has 0 bridgehead atoms. The first kappa shape index (κ1) is 22.4. The van der Waals surface area contributed by atoms with E-state index in [-0.39, 0.29) is 28.0 Å². The van der Waals surface area contributed by atoms with Gasteiger partial charge in [-0.25, -0.2) is 22.8 Å². The number of nitrogens with zero attached hydrogens (tertiary/aromatic N) is 4. The van der Waals surface area contributed by atoms with E-state index in [0.717, 1.165) is 10.4 Å². The van der Waals surface area contributed by atoms with Crippen molar-refractivity contribution in [1.82, 2.24) is 29.5 Å². The van der Waals surface area contributed by atoms with E-state index in [1.54, 1.807) is 25.3 Å². The summed E-state index contributed by atoms with van der Waals surface area (Å²) >= 11 is 11.7. The van der Waals surface area contributed by atoms with Gasteiger partial charge in [-0.3, -0.25) is 9.78 Å². The minimum Gasteiger partial charge on any atom is -0.340 e. The number of halogens is 2. The number of benzene rings is 1. The molecule has 3 aromatic heterocycles. The molecule has 32 heavy (non-hydrogen) atoms. The average molecular weight is 493 g/mol. The Morgan fingerprint density at radius 2 is 2.03 bits per heavy atom. The monoisotopic (exact) mass is 492 g/mol. The van der Waals surface area contributed by atoms with Crippen molar-refractivity contribution in [2.45, 2.75) is 24.8 Å². The molecule has 2 N–H and O–H groups in total. The molecule has 0 spiro atoms. The topological polar surface area (TPSA) is 123 Å². The molecule has 0 amide bonds. The third-order valence-corrected chi connectivity index (χ3v) is 7.11. The maximum atomic E-state index is 12.9. The van der Waals surface area contributed by atoms with Crippen LogP contribution in [-0.2, 0) is 23.0 Å². The van der Waals surface area contributed by atoms with Crippen molar-refractivity contribution in [2.75, 3.05) is 6.54 Å². The number of sulfonamides is 1. The van der Waals surface area contributed by atoms with Gasteiger partial charge in [0.15, 0.2) is 0 Å². The molecule has 0 saturated heterocycles. The van der Waals surface area contributed by atoms with Crippen molar-refractivity contribution in [2.24, 2.45) is 0 Å². The lowest BCUT2D eigenvalue weighted by Crippen LogP contribution is -2.26. The van der Waals surface area contributed by atoms with Crippen molar-refractivity contribution in [3.63, 3.8) is 0 Å². The van der Waals surface area contributed by atoms with Gasteiger partial charge in [-0.1, -0.05) is 29.3 Å². The third-order valence-electron chi connectivity index (χ3n) is 4.76. The van der Waals surface area contributed by atoms with E-state index in [4.69, 9.17) is 23.2 Å². The fourth-order valence-corrected chi connectivity index (χ4v) is 4.75. The van der Waals surface area contributed by atoms with Crippen LogP contribution in [0.2, 0.25) is 10.0 Å². The first-order valence-corrected chi connectivity index (χ1v) is 11.8. The fourth-order valence-electron chi connectivity index (χ4n) is 3.20. The van der Waals surface area contributed by atoms with Crippen LogP contribution in [-0.4, -0.2) is 39.7 Å². The number of fused-ring (bicyclic) bond motifs is 1. The molecule has 4 aromatic rings. The minimum atomic E-state index is -3.74. The van der Waals surface area contributed by atoms with Gasteiger partial charge in [0.25, 0.3) is 5.56 Å². The normalized spacial score (nSPS) is 11.8. The molecule has 0 aliphatic rings. The van der Waals surface area contributed by atoms with Crippen molar-refractivity contribution in [1.29, 1.82) is 0 Å². The molecular formula is C20H18Cl2N6O3S. The molecule has 12 heteroatoms. The first-order valence-electron chi connectivity index (χ1n) is 9.54. The summed E-state index contributed by atoms with van der Waals surface area (Å²) in [6.07, 6.45) is 3.42. The van der Waals surface area contributed by atoms with Crippen molar-refractivity contribution in [3.8, 4) is 0 Å². The van der Waals surface area contributed by atoms with Crippen molar-refractivity contribution < 1.29 is 8.42 Å². The molecular weight excluding hydrogens is 475 g/mol. The van der Waals surface area contributed by atoms with E-state index in [9.17, 15) is 13.2 Å². The predicted octanol–water partition coefficient (Wildman–Crippen LogP) is 2.70. The van der Waals surface area contributed by atoms with E-state index < -0.39 is 15.6 Å². The Bertz CT molecular complexity index is 1450. The highest BCUT2D eigenvalue weighted by Crippen LogP contribution is 2.22. The van der Waals surface area contributed by atoms with Gasteiger partial charge in [-0.2, -0.15) is 5.10 Å². The third kappa shape index (κ3) is 4.68. The van der Waals surface area contributed by atoms with Gasteiger partial charge >= 0.3 is 0 Å². The van der Waals surface area contributed by atoms with Gasteiger partial charge in [-0.15, -0.1) is 0 Å². The number of hydrogen-bond donors (Lipinski definition) is 2. The molecule has 3 heterocycles. The van der Waals surface area contributed by atoms with Crippen LogP contribution in [0.3, 0.4) is 0 Å². The summed E-state index contributed by atoms with van der Waals surface area (Å²) < 4.78 is 29.4. The Balaban J connectivity index is 1.57. The zero-order chi connectivity index (χ0) is 22.9. The van der Waals surface area contributed by atoms with E-state index in [1.807, 2.05) is 12.1 Å². The molecule has 9 nitrogen and oxygen atoms in total. The lowest BCUT2D eigenvalue weighted by Gasteiger charge is -2.09. The van der Waals surface area contributed by atoms with Crippen LogP contribution in [0.25, 0.3) is 11.0 Å². The van der Waals surface area contributed by atoms with Crippen LogP contribution in [0.15, 0.2) is 52.4 Å². The average Bonchev–Trinajstić information content (AvgIpc) is 3.15. The SMILES string of the molecule is Cc1cc2nc(Cn3ncc(Cl)c(Cl)c3=O)[nH]c2cc1S(=O)(=O)NCCc1ccccn1. The second-order valence-corrected chi connectivity index (χ2v) is 9.58. The van der Waals surface area contributed by atoms with Gasteiger partial charge in [0.2, 0.25) is 10.0 Å². The summed E-state index contributed by atoms with van der Waals surface area (Å²) in [6, 6.07) is 8.69. The molecule has 0 aliphatic carbocycles. The molecule has 0 unspecified atom stereocenters. The van der Waals surface area contributed by atoms with Crippen LogP contribution < -0.4 is 10.3 Å². The first-order chi connectivity index (χ1) is 15.2. The van der Waals surface area contributed by atoms with Gasteiger partial charge in [-0.05, 0) is 36.8 Å². The number of pyridine rings is 1. The quantitative estimate of drug-likeness (QED) is 0.408. The molecule has 4 rings (SSSR count). The Labute approximate surface area is 193 Å². The molecule has 0 atom stereocenters.